The number of hydrogen-bond donors (Lipinski definition) is 0. The van der Waals surface area contributed by atoms with Crippen LogP contribution in [-0.4, -0.2) is 37.8 Å². The molecule has 1 aliphatic heterocycles. The van der Waals surface area contributed by atoms with Crippen molar-refractivity contribution in [1.82, 2.24) is 14.5 Å². The van der Waals surface area contributed by atoms with Gasteiger partial charge in [0.25, 0.3) is 5.91 Å². The minimum Gasteiger partial charge on any atom is -0.468 e. The number of benzene rings is 1. The molecule has 1 aromatic carbocycles. The van der Waals surface area contributed by atoms with Crippen LogP contribution in [-0.2, 0) is 27.4 Å². The quantitative estimate of drug-likeness (QED) is 0.293. The van der Waals surface area contributed by atoms with Crippen molar-refractivity contribution < 1.29 is 14.3 Å². The Kier molecular flexibility index (Phi) is 6.03. The molecule has 0 spiro atoms. The molecule has 0 unspecified atom stereocenters. The fourth-order valence-electron chi connectivity index (χ4n) is 3.20. The zero-order valence-corrected chi connectivity index (χ0v) is 19.1. The van der Waals surface area contributed by atoms with E-state index in [1.54, 1.807) is 17.3 Å². The summed E-state index contributed by atoms with van der Waals surface area (Å²) in [7, 11) is 1.36. The van der Waals surface area contributed by atoms with Gasteiger partial charge in [0.1, 0.15) is 10.9 Å². The standard InChI is InChI=1S/C21H16BrN3O3S2/c1-28-19(26)12-24-11-14(16-8-15(22)4-5-17(16)24)7-18-20(27)25(21(29)30-18)10-13-3-2-6-23-9-13/h2-9,11H,10,12H2,1H3/b18-7-. The van der Waals surface area contributed by atoms with Gasteiger partial charge in [-0.05, 0) is 35.9 Å². The third kappa shape index (κ3) is 4.19. The molecule has 0 atom stereocenters. The number of hydrogen-bond acceptors (Lipinski definition) is 6. The normalized spacial score (nSPS) is 15.4. The Morgan fingerprint density at radius 2 is 2.20 bits per heavy atom. The average molecular weight is 502 g/mol. The van der Waals surface area contributed by atoms with Crippen LogP contribution in [0.4, 0.5) is 0 Å². The fourth-order valence-corrected chi connectivity index (χ4v) is 4.81. The smallest absolute Gasteiger partial charge is 0.325 e. The number of ether oxygens (including phenoxy) is 1. The van der Waals surface area contributed by atoms with E-state index in [2.05, 4.69) is 20.9 Å². The van der Waals surface area contributed by atoms with Crippen LogP contribution in [0.5, 0.6) is 0 Å². The summed E-state index contributed by atoms with van der Waals surface area (Å²) in [5.74, 6) is -0.484. The first-order valence-corrected chi connectivity index (χ1v) is 11.0. The largest absolute Gasteiger partial charge is 0.468 e. The molecule has 0 bridgehead atoms. The van der Waals surface area contributed by atoms with E-state index in [1.807, 2.05) is 47.2 Å². The van der Waals surface area contributed by atoms with Crippen molar-refractivity contribution in [3.63, 3.8) is 0 Å². The molecule has 3 heterocycles. The summed E-state index contributed by atoms with van der Waals surface area (Å²) >= 11 is 10.2. The number of nitrogens with zero attached hydrogens (tertiary/aromatic N) is 3. The molecular formula is C21H16BrN3O3S2. The number of carbonyl (C=O) groups excluding carboxylic acids is 2. The number of pyridine rings is 1. The molecule has 0 aliphatic carbocycles. The number of rotatable bonds is 5. The predicted molar refractivity (Wildman–Crippen MR) is 125 cm³/mol. The second-order valence-electron chi connectivity index (χ2n) is 6.58. The van der Waals surface area contributed by atoms with Gasteiger partial charge < -0.3 is 9.30 Å². The molecule has 0 radical (unpaired) electrons. The molecule has 1 fully saturated rings. The van der Waals surface area contributed by atoms with Crippen molar-refractivity contribution >= 4 is 73.1 Å². The minimum absolute atomic E-state index is 0.0877. The van der Waals surface area contributed by atoms with Crippen molar-refractivity contribution in [2.24, 2.45) is 0 Å². The topological polar surface area (TPSA) is 64.4 Å². The maximum atomic E-state index is 13.0. The van der Waals surface area contributed by atoms with Crippen LogP contribution in [0, 0.1) is 0 Å². The van der Waals surface area contributed by atoms with Crippen LogP contribution in [0.3, 0.4) is 0 Å². The van der Waals surface area contributed by atoms with Crippen molar-refractivity contribution in [1.29, 1.82) is 0 Å². The van der Waals surface area contributed by atoms with Gasteiger partial charge in [-0.15, -0.1) is 0 Å². The van der Waals surface area contributed by atoms with Gasteiger partial charge in [-0.3, -0.25) is 19.5 Å². The molecule has 1 saturated heterocycles. The van der Waals surface area contributed by atoms with E-state index >= 15 is 0 Å². The second kappa shape index (κ2) is 8.71. The number of thiocarbonyl (C=S) groups is 1. The highest BCUT2D eigenvalue weighted by molar-refractivity contribution is 9.10. The Hall–Kier alpha value is -2.49. The van der Waals surface area contributed by atoms with Gasteiger partial charge in [0.05, 0.1) is 18.6 Å². The molecule has 152 valence electrons. The number of fused-ring (bicyclic) bond motifs is 1. The number of carbonyl (C=O) groups is 2. The van der Waals surface area contributed by atoms with Gasteiger partial charge in [-0.2, -0.15) is 0 Å². The lowest BCUT2D eigenvalue weighted by Crippen LogP contribution is -2.27. The van der Waals surface area contributed by atoms with Crippen molar-refractivity contribution in [3.05, 3.63) is 69.4 Å². The van der Waals surface area contributed by atoms with Crippen LogP contribution in [0.1, 0.15) is 11.1 Å². The number of methoxy groups -OCH3 is 1. The van der Waals surface area contributed by atoms with Crippen LogP contribution in [0.15, 0.2) is 58.3 Å². The molecule has 4 rings (SSSR count). The van der Waals surface area contributed by atoms with E-state index < -0.39 is 0 Å². The third-order valence-corrected chi connectivity index (χ3v) is 6.50. The number of amides is 1. The van der Waals surface area contributed by atoms with Gasteiger partial charge in [0.2, 0.25) is 0 Å². The second-order valence-corrected chi connectivity index (χ2v) is 9.17. The van der Waals surface area contributed by atoms with Crippen molar-refractivity contribution in [2.45, 2.75) is 13.1 Å². The lowest BCUT2D eigenvalue weighted by atomic mass is 10.1. The van der Waals surface area contributed by atoms with E-state index in [-0.39, 0.29) is 18.4 Å². The summed E-state index contributed by atoms with van der Waals surface area (Å²) in [5.41, 5.74) is 2.62. The highest BCUT2D eigenvalue weighted by atomic mass is 79.9. The number of esters is 1. The first-order valence-electron chi connectivity index (χ1n) is 8.96. The van der Waals surface area contributed by atoms with Crippen LogP contribution in [0.25, 0.3) is 17.0 Å². The summed E-state index contributed by atoms with van der Waals surface area (Å²) < 4.78 is 8.03. The van der Waals surface area contributed by atoms with Gasteiger partial charge in [0, 0.05) is 39.5 Å². The van der Waals surface area contributed by atoms with Crippen LogP contribution < -0.4 is 0 Å². The zero-order chi connectivity index (χ0) is 21.3. The van der Waals surface area contributed by atoms with E-state index in [9.17, 15) is 9.59 Å². The molecule has 30 heavy (non-hydrogen) atoms. The van der Waals surface area contributed by atoms with Crippen LogP contribution >= 0.6 is 39.9 Å². The zero-order valence-electron chi connectivity index (χ0n) is 15.9. The highest BCUT2D eigenvalue weighted by Gasteiger charge is 2.32. The SMILES string of the molecule is COC(=O)Cn1cc(/C=C2\SC(=S)N(Cc3cccnc3)C2=O)c2cc(Br)ccc21. The van der Waals surface area contributed by atoms with Crippen molar-refractivity contribution in [2.75, 3.05) is 7.11 Å². The van der Waals surface area contributed by atoms with Crippen LogP contribution in [0.2, 0.25) is 0 Å². The molecular weight excluding hydrogens is 486 g/mol. The van der Waals surface area contributed by atoms with Gasteiger partial charge in [-0.25, -0.2) is 0 Å². The Morgan fingerprint density at radius 3 is 2.93 bits per heavy atom. The Morgan fingerprint density at radius 1 is 1.37 bits per heavy atom. The first-order chi connectivity index (χ1) is 14.5. The first kappa shape index (κ1) is 20.8. The van der Waals surface area contributed by atoms with Crippen molar-refractivity contribution in [3.8, 4) is 0 Å². The molecule has 2 aromatic heterocycles. The van der Waals surface area contributed by atoms with E-state index in [0.717, 1.165) is 26.5 Å². The Bertz CT molecular complexity index is 1190. The van der Waals surface area contributed by atoms with Gasteiger partial charge in [0.15, 0.2) is 0 Å². The summed E-state index contributed by atoms with van der Waals surface area (Å²) in [6, 6.07) is 9.54. The summed E-state index contributed by atoms with van der Waals surface area (Å²) in [6.45, 7) is 0.468. The lowest BCUT2D eigenvalue weighted by Gasteiger charge is -2.13. The minimum atomic E-state index is -0.343. The van der Waals surface area contributed by atoms with E-state index in [0.29, 0.717) is 15.8 Å². The maximum absolute atomic E-state index is 13.0. The number of aromatic nitrogens is 2. The molecule has 0 saturated carbocycles. The van der Waals surface area contributed by atoms with Gasteiger partial charge >= 0.3 is 5.97 Å². The molecule has 1 aliphatic rings. The number of thioether (sulfide) groups is 1. The highest BCUT2D eigenvalue weighted by Crippen LogP contribution is 2.35. The lowest BCUT2D eigenvalue weighted by molar-refractivity contribution is -0.141. The third-order valence-electron chi connectivity index (χ3n) is 4.62. The monoisotopic (exact) mass is 501 g/mol. The summed E-state index contributed by atoms with van der Waals surface area (Å²) in [6.07, 6.45) is 7.09. The van der Waals surface area contributed by atoms with E-state index in [4.69, 9.17) is 17.0 Å². The fraction of sp³-hybridized carbons (Fsp3) is 0.143. The summed E-state index contributed by atoms with van der Waals surface area (Å²) in [4.78, 5) is 31.0. The Balaban J connectivity index is 1.69. The average Bonchev–Trinajstić information content (AvgIpc) is 3.20. The molecule has 9 heteroatoms. The molecule has 1 amide bonds. The number of halogens is 1. The summed E-state index contributed by atoms with van der Waals surface area (Å²) in [5, 5.41) is 0.922. The van der Waals surface area contributed by atoms with E-state index in [1.165, 1.54) is 18.9 Å². The molecule has 3 aromatic rings. The molecule has 6 nitrogen and oxygen atoms in total. The van der Waals surface area contributed by atoms with Gasteiger partial charge in [-0.1, -0.05) is 46.0 Å². The maximum Gasteiger partial charge on any atom is 0.325 e. The molecule has 0 N–H and O–H groups in total. The predicted octanol–water partition coefficient (Wildman–Crippen LogP) is 4.37. The Labute approximate surface area is 191 Å².